The van der Waals surface area contributed by atoms with Crippen molar-refractivity contribution in [2.75, 3.05) is 10.2 Å². The lowest BCUT2D eigenvalue weighted by molar-refractivity contribution is -0.122. The third-order valence-electron chi connectivity index (χ3n) is 6.34. The summed E-state index contributed by atoms with van der Waals surface area (Å²) in [4.78, 5) is 54.3. The van der Waals surface area contributed by atoms with Crippen LogP contribution in [0.15, 0.2) is 87.2 Å². The Labute approximate surface area is 217 Å². The van der Waals surface area contributed by atoms with E-state index < -0.39 is 40.6 Å². The van der Waals surface area contributed by atoms with Crippen LogP contribution in [0.3, 0.4) is 0 Å². The summed E-state index contributed by atoms with van der Waals surface area (Å²) in [6, 6.07) is 17.4. The molecule has 4 heterocycles. The summed E-state index contributed by atoms with van der Waals surface area (Å²) in [5.74, 6) is -2.86. The van der Waals surface area contributed by atoms with Gasteiger partial charge in [-0.05, 0) is 48.5 Å². The summed E-state index contributed by atoms with van der Waals surface area (Å²) in [6.07, 6.45) is 1.47. The van der Waals surface area contributed by atoms with E-state index in [2.05, 4.69) is 5.32 Å². The Morgan fingerprint density at radius 3 is 2.43 bits per heavy atom. The smallest absolute Gasteiger partial charge is 0.308 e. The van der Waals surface area contributed by atoms with Crippen molar-refractivity contribution in [3.63, 3.8) is 0 Å². The standard InChI is InChI=1S/C26H18FN3O5S2/c27-14-8-10-16(11-9-14)30-23(32)20-19(17-7-4-12-35-17)22-25(36-21(20)24(30)33)29(26(34)37-22)13-18(31)28-15-5-2-1-3-6-15/h1-12,19-21H,13H2,(H,28,31)/t19-,20?,21?/m1/s1. The lowest BCUT2D eigenvalue weighted by atomic mass is 9.87. The number of furan rings is 1. The molecule has 2 unspecified atom stereocenters. The molecule has 37 heavy (non-hydrogen) atoms. The molecule has 8 nitrogen and oxygen atoms in total. The number of imide groups is 1. The monoisotopic (exact) mass is 535 g/mol. The largest absolute Gasteiger partial charge is 0.469 e. The SMILES string of the molecule is O=C(Cn1c2c(sc1=O)[C@H](c1ccco1)C1C(=O)N(c3ccc(F)cc3)C(=O)C1S2)Nc1ccccc1. The van der Waals surface area contributed by atoms with Gasteiger partial charge in [-0.2, -0.15) is 0 Å². The third-order valence-corrected chi connectivity index (χ3v) is 8.95. The molecular weight excluding hydrogens is 517 g/mol. The number of halogens is 1. The van der Waals surface area contributed by atoms with Gasteiger partial charge in [0, 0.05) is 5.69 Å². The van der Waals surface area contributed by atoms with Crippen LogP contribution >= 0.6 is 23.1 Å². The lowest BCUT2D eigenvalue weighted by Crippen LogP contribution is -2.32. The molecule has 3 atom stereocenters. The van der Waals surface area contributed by atoms with Gasteiger partial charge in [-0.15, -0.1) is 0 Å². The quantitative estimate of drug-likeness (QED) is 0.387. The summed E-state index contributed by atoms with van der Waals surface area (Å²) in [5, 5.41) is 2.38. The minimum Gasteiger partial charge on any atom is -0.469 e. The molecule has 6 rings (SSSR count). The number of amides is 3. The van der Waals surface area contributed by atoms with Crippen molar-refractivity contribution in [2.45, 2.75) is 22.7 Å². The second kappa shape index (κ2) is 9.16. The Hall–Kier alpha value is -3.96. The predicted octanol–water partition coefficient (Wildman–Crippen LogP) is 4.08. The normalized spacial score (nSPS) is 20.6. The van der Waals surface area contributed by atoms with Crippen LogP contribution in [0.2, 0.25) is 0 Å². The summed E-state index contributed by atoms with van der Waals surface area (Å²) in [7, 11) is 0. The molecule has 0 aliphatic carbocycles. The van der Waals surface area contributed by atoms with Crippen molar-refractivity contribution >= 4 is 52.2 Å². The molecule has 3 amide bonds. The van der Waals surface area contributed by atoms with Crippen LogP contribution in [0.4, 0.5) is 15.8 Å². The number of aromatic nitrogens is 1. The summed E-state index contributed by atoms with van der Waals surface area (Å²) in [5.41, 5.74) is 0.866. The van der Waals surface area contributed by atoms with Crippen molar-refractivity contribution in [3.8, 4) is 0 Å². The third kappa shape index (κ3) is 4.00. The minimum absolute atomic E-state index is 0.251. The fraction of sp³-hybridized carbons (Fsp3) is 0.154. The van der Waals surface area contributed by atoms with Crippen molar-refractivity contribution in [1.29, 1.82) is 0 Å². The van der Waals surface area contributed by atoms with Gasteiger partial charge in [-0.25, -0.2) is 9.29 Å². The number of nitrogens with one attached hydrogen (secondary N) is 1. The second-order valence-corrected chi connectivity index (χ2v) is 10.7. The van der Waals surface area contributed by atoms with E-state index in [0.29, 0.717) is 21.4 Å². The maximum absolute atomic E-state index is 13.6. The van der Waals surface area contributed by atoms with E-state index >= 15 is 0 Å². The zero-order valence-electron chi connectivity index (χ0n) is 19.0. The zero-order valence-corrected chi connectivity index (χ0v) is 20.6. The first kappa shape index (κ1) is 23.4. The molecule has 0 radical (unpaired) electrons. The molecule has 4 aromatic rings. The van der Waals surface area contributed by atoms with Gasteiger partial charge < -0.3 is 9.73 Å². The van der Waals surface area contributed by atoms with E-state index in [9.17, 15) is 23.6 Å². The Morgan fingerprint density at radius 2 is 1.73 bits per heavy atom. The average molecular weight is 536 g/mol. The molecule has 186 valence electrons. The van der Waals surface area contributed by atoms with Crippen molar-refractivity contribution in [1.82, 2.24) is 4.57 Å². The van der Waals surface area contributed by atoms with Crippen molar-refractivity contribution in [2.24, 2.45) is 5.92 Å². The maximum Gasteiger partial charge on any atom is 0.308 e. The zero-order chi connectivity index (χ0) is 25.7. The molecule has 1 saturated heterocycles. The average Bonchev–Trinajstić information content (AvgIpc) is 3.58. The van der Waals surface area contributed by atoms with E-state index in [1.807, 2.05) is 6.07 Å². The molecule has 2 aromatic carbocycles. The van der Waals surface area contributed by atoms with E-state index in [1.54, 1.807) is 36.4 Å². The number of carbonyl (C=O) groups is 3. The van der Waals surface area contributed by atoms with Gasteiger partial charge in [0.05, 0.1) is 33.7 Å². The number of anilines is 2. The van der Waals surface area contributed by atoms with Gasteiger partial charge >= 0.3 is 4.87 Å². The Bertz CT molecular complexity index is 1560. The van der Waals surface area contributed by atoms with Gasteiger partial charge in [0.15, 0.2) is 0 Å². The number of para-hydroxylation sites is 1. The molecule has 1 fully saturated rings. The Balaban J connectivity index is 1.39. The van der Waals surface area contributed by atoms with Crippen LogP contribution in [0, 0.1) is 11.7 Å². The highest BCUT2D eigenvalue weighted by atomic mass is 32.2. The number of thioether (sulfide) groups is 1. The number of rotatable bonds is 5. The molecule has 0 bridgehead atoms. The number of thiazole rings is 1. The number of hydrogen-bond acceptors (Lipinski definition) is 7. The summed E-state index contributed by atoms with van der Waals surface area (Å²) < 4.78 is 20.5. The minimum atomic E-state index is -0.849. The van der Waals surface area contributed by atoms with Crippen LogP contribution in [0.1, 0.15) is 16.6 Å². The Kier molecular flexibility index (Phi) is 5.81. The van der Waals surface area contributed by atoms with Crippen LogP contribution in [-0.2, 0) is 20.9 Å². The number of hydrogen-bond donors (Lipinski definition) is 1. The lowest BCUT2D eigenvalue weighted by Gasteiger charge is -2.29. The number of fused-ring (bicyclic) bond motifs is 2. The van der Waals surface area contributed by atoms with Crippen LogP contribution in [-0.4, -0.2) is 27.5 Å². The molecular formula is C26H18FN3O5S2. The fourth-order valence-corrected chi connectivity index (χ4v) is 7.49. The van der Waals surface area contributed by atoms with Crippen LogP contribution < -0.4 is 15.1 Å². The molecule has 11 heteroatoms. The fourth-order valence-electron chi connectivity index (χ4n) is 4.74. The van der Waals surface area contributed by atoms with Gasteiger partial charge in [0.25, 0.3) is 0 Å². The van der Waals surface area contributed by atoms with E-state index in [0.717, 1.165) is 28.0 Å². The van der Waals surface area contributed by atoms with Gasteiger partial charge in [0.1, 0.15) is 23.4 Å². The molecule has 0 saturated carbocycles. The summed E-state index contributed by atoms with van der Waals surface area (Å²) >= 11 is 2.04. The topological polar surface area (TPSA) is 102 Å². The maximum atomic E-state index is 13.6. The van der Waals surface area contributed by atoms with Crippen molar-refractivity contribution < 1.29 is 23.2 Å². The first-order valence-corrected chi connectivity index (χ1v) is 13.0. The van der Waals surface area contributed by atoms with E-state index in [-0.39, 0.29) is 17.1 Å². The van der Waals surface area contributed by atoms with Crippen LogP contribution in [0.5, 0.6) is 0 Å². The van der Waals surface area contributed by atoms with E-state index in [4.69, 9.17) is 4.42 Å². The predicted molar refractivity (Wildman–Crippen MR) is 136 cm³/mol. The first-order valence-electron chi connectivity index (χ1n) is 11.3. The molecule has 1 N–H and O–H groups in total. The van der Waals surface area contributed by atoms with Gasteiger partial charge in [0.2, 0.25) is 17.7 Å². The highest BCUT2D eigenvalue weighted by molar-refractivity contribution is 8.00. The van der Waals surface area contributed by atoms with Crippen molar-refractivity contribution in [3.05, 3.63) is 99.1 Å². The highest BCUT2D eigenvalue weighted by Gasteiger charge is 2.57. The number of benzene rings is 2. The van der Waals surface area contributed by atoms with Crippen LogP contribution in [0.25, 0.3) is 0 Å². The van der Waals surface area contributed by atoms with Gasteiger partial charge in [-0.3, -0.25) is 23.7 Å². The number of nitrogens with zero attached hydrogens (tertiary/aromatic N) is 2. The van der Waals surface area contributed by atoms with E-state index in [1.165, 1.54) is 35.1 Å². The highest BCUT2D eigenvalue weighted by Crippen LogP contribution is 2.53. The molecule has 0 spiro atoms. The Morgan fingerprint density at radius 1 is 0.973 bits per heavy atom. The molecule has 2 aliphatic rings. The number of carbonyl (C=O) groups excluding carboxylic acids is 3. The second-order valence-electron chi connectivity index (χ2n) is 8.58. The van der Waals surface area contributed by atoms with Gasteiger partial charge in [-0.1, -0.05) is 41.3 Å². The summed E-state index contributed by atoms with van der Waals surface area (Å²) in [6.45, 7) is -0.251. The molecule has 2 aromatic heterocycles. The first-order chi connectivity index (χ1) is 17.9. The molecule has 2 aliphatic heterocycles.